The van der Waals surface area contributed by atoms with Crippen molar-refractivity contribution in [3.8, 4) is 0 Å². The Hall–Kier alpha value is -1.61. The number of epoxide rings is 1. The van der Waals surface area contributed by atoms with Gasteiger partial charge in [0.15, 0.2) is 17.2 Å². The first-order chi connectivity index (χ1) is 17.3. The fraction of sp³-hybridized carbons (Fsp3) is 0.821. The van der Waals surface area contributed by atoms with Crippen molar-refractivity contribution in [1.82, 2.24) is 0 Å². The summed E-state index contributed by atoms with van der Waals surface area (Å²) in [6, 6.07) is 0. The highest BCUT2D eigenvalue weighted by Crippen LogP contribution is 2.62. The Morgan fingerprint density at radius 1 is 1.08 bits per heavy atom. The second-order valence-electron chi connectivity index (χ2n) is 12.0. The van der Waals surface area contributed by atoms with Gasteiger partial charge in [-0.15, -0.1) is 0 Å². The van der Waals surface area contributed by atoms with Crippen molar-refractivity contribution in [2.75, 3.05) is 13.2 Å². The molecule has 6 atom stereocenters. The normalized spacial score (nSPS) is 39.3. The molecule has 5 rings (SSSR count). The number of ether oxygens (including phenoxy) is 2. The zero-order valence-corrected chi connectivity index (χ0v) is 21.6. The van der Waals surface area contributed by atoms with Gasteiger partial charge in [-0.2, -0.15) is 0 Å². The molecule has 0 bridgehead atoms. The van der Waals surface area contributed by atoms with Crippen LogP contribution >= 0.6 is 0 Å². The number of carbonyl (C=O) groups excluding carboxylic acids is 3. The highest BCUT2D eigenvalue weighted by molar-refractivity contribution is 6.23. The van der Waals surface area contributed by atoms with Gasteiger partial charge in [-0.05, 0) is 76.2 Å². The average molecular weight is 504 g/mol. The highest BCUT2D eigenvalue weighted by Gasteiger charge is 2.87. The van der Waals surface area contributed by atoms with Crippen molar-refractivity contribution in [1.29, 1.82) is 0 Å². The summed E-state index contributed by atoms with van der Waals surface area (Å²) >= 11 is 0. The van der Waals surface area contributed by atoms with Crippen LogP contribution in [-0.4, -0.2) is 59.3 Å². The van der Waals surface area contributed by atoms with Gasteiger partial charge >= 0.3 is 5.97 Å². The molecule has 5 aliphatic rings. The highest BCUT2D eigenvalue weighted by atomic mass is 16.7. The molecule has 0 aromatic heterocycles. The fourth-order valence-electron chi connectivity index (χ4n) is 7.47. The zero-order chi connectivity index (χ0) is 25.5. The van der Waals surface area contributed by atoms with E-state index in [1.54, 1.807) is 0 Å². The monoisotopic (exact) mass is 503 g/mol. The Bertz CT molecular complexity index is 927. The molecule has 2 saturated heterocycles. The summed E-state index contributed by atoms with van der Waals surface area (Å²) in [5.41, 5.74) is 4.46. The molecular weight excluding hydrogens is 460 g/mol. The molecule has 8 nitrogen and oxygen atoms in total. The number of aliphatic hydroxyl groups excluding tert-OH is 1. The molecule has 2 heterocycles. The number of hydrogen-bond donors (Lipinski definition) is 3. The van der Waals surface area contributed by atoms with E-state index in [2.05, 4.69) is 5.32 Å². The summed E-state index contributed by atoms with van der Waals surface area (Å²) in [6.07, 6.45) is 10.5. The van der Waals surface area contributed by atoms with E-state index < -0.39 is 29.0 Å². The maximum atomic E-state index is 13.9. The van der Waals surface area contributed by atoms with Crippen LogP contribution in [0.5, 0.6) is 0 Å². The first-order valence-corrected chi connectivity index (χ1v) is 14.2. The van der Waals surface area contributed by atoms with E-state index >= 15 is 0 Å². The third-order valence-electron chi connectivity index (χ3n) is 9.74. The molecule has 0 aromatic carbocycles. The summed E-state index contributed by atoms with van der Waals surface area (Å²) in [4.78, 5) is 41.3. The van der Waals surface area contributed by atoms with Crippen LogP contribution in [0, 0.1) is 17.8 Å². The second-order valence-corrected chi connectivity index (χ2v) is 12.0. The average Bonchev–Trinajstić information content (AvgIpc) is 3.32. The first kappa shape index (κ1) is 26.0. The van der Waals surface area contributed by atoms with Crippen LogP contribution in [0.15, 0.2) is 11.1 Å². The Morgan fingerprint density at radius 3 is 2.42 bits per heavy atom. The molecule has 0 spiro atoms. The molecule has 5 N–H and O–H groups in total. The predicted molar refractivity (Wildman–Crippen MR) is 131 cm³/mol. The van der Waals surface area contributed by atoms with E-state index in [9.17, 15) is 19.5 Å². The van der Waals surface area contributed by atoms with Crippen molar-refractivity contribution >= 4 is 17.5 Å². The lowest BCUT2D eigenvalue weighted by Crippen LogP contribution is -2.94. The molecule has 0 amide bonds. The lowest BCUT2D eigenvalue weighted by molar-refractivity contribution is -0.699. The number of carbonyl (C=O) groups is 3. The Kier molecular flexibility index (Phi) is 7.42. The molecule has 2 aliphatic heterocycles. The number of hydrogen-bond acceptors (Lipinski definition) is 7. The van der Waals surface area contributed by atoms with E-state index in [4.69, 9.17) is 15.2 Å². The molecule has 200 valence electrons. The third kappa shape index (κ3) is 4.38. The molecule has 0 aromatic rings. The lowest BCUT2D eigenvalue weighted by atomic mass is 9.60. The van der Waals surface area contributed by atoms with Crippen LogP contribution in [-0.2, 0) is 23.9 Å². The number of piperidine rings is 1. The van der Waals surface area contributed by atoms with Gasteiger partial charge < -0.3 is 19.9 Å². The standard InChI is InChI=1S/C28H42N2O6/c1-17(10-11-18-12-13-30-23(29)14-18)19(16-31)15-27-24(32)21-8-4-5-9-22(21)25(33)28(27,36-27)26(34)35-20-6-2-3-7-20/h18,20-23,30-31H,2-16,29H2,1H3/p+1/t18?,21?,22?,23?,27-,28-/m0/s1. The van der Waals surface area contributed by atoms with E-state index in [0.29, 0.717) is 24.3 Å². The van der Waals surface area contributed by atoms with Gasteiger partial charge in [0.1, 0.15) is 12.3 Å². The van der Waals surface area contributed by atoms with Crippen molar-refractivity contribution < 1.29 is 34.3 Å². The largest absolute Gasteiger partial charge is 0.460 e. The van der Waals surface area contributed by atoms with Gasteiger partial charge in [0.05, 0.1) is 13.2 Å². The molecule has 3 saturated carbocycles. The summed E-state index contributed by atoms with van der Waals surface area (Å²) in [7, 11) is 0. The van der Waals surface area contributed by atoms with Crippen LogP contribution in [0.4, 0.5) is 0 Å². The Morgan fingerprint density at radius 2 is 1.75 bits per heavy atom. The Labute approximate surface area is 213 Å². The minimum atomic E-state index is -1.84. The van der Waals surface area contributed by atoms with Crippen molar-refractivity contribution in [3.05, 3.63) is 11.1 Å². The fourth-order valence-corrected chi connectivity index (χ4v) is 7.47. The number of fused-ring (bicyclic) bond motifs is 2. The van der Waals surface area contributed by atoms with Crippen molar-refractivity contribution in [3.63, 3.8) is 0 Å². The number of Topliss-reactive ketones (excluding diaryl/α,β-unsaturated/α-hetero) is 2. The predicted octanol–water partition coefficient (Wildman–Crippen LogP) is 1.68. The SMILES string of the molecule is CC(CCC1CC[NH2+]C(N)C1)=C(CO)C[C@@]12O[C@]1(C(=O)OC1CCCC1)C(=O)C1CCCCC1C2=O. The molecule has 3 aliphatic carbocycles. The number of nitrogens with two attached hydrogens (primary N) is 2. The topological polar surface area (TPSA) is 136 Å². The second kappa shape index (κ2) is 10.3. The van der Waals surface area contributed by atoms with Crippen molar-refractivity contribution in [2.24, 2.45) is 23.5 Å². The lowest BCUT2D eigenvalue weighted by Gasteiger charge is -2.37. The first-order valence-electron chi connectivity index (χ1n) is 14.2. The van der Waals surface area contributed by atoms with Gasteiger partial charge in [0, 0.05) is 24.7 Å². The molecule has 5 fully saturated rings. The van der Waals surface area contributed by atoms with Gasteiger partial charge in [-0.1, -0.05) is 18.4 Å². The van der Waals surface area contributed by atoms with Crippen LogP contribution in [0.1, 0.15) is 90.4 Å². The number of esters is 1. The van der Waals surface area contributed by atoms with E-state index in [1.165, 1.54) is 0 Å². The number of ketones is 2. The number of quaternary nitrogens is 1. The third-order valence-corrected chi connectivity index (χ3v) is 9.74. The minimum Gasteiger partial charge on any atom is -0.460 e. The van der Waals surface area contributed by atoms with E-state index in [0.717, 1.165) is 76.3 Å². The van der Waals surface area contributed by atoms with Crippen LogP contribution in [0.2, 0.25) is 0 Å². The molecule has 0 radical (unpaired) electrons. The van der Waals surface area contributed by atoms with Crippen molar-refractivity contribution in [2.45, 2.75) is 114 Å². The van der Waals surface area contributed by atoms with E-state index in [1.807, 2.05) is 6.92 Å². The van der Waals surface area contributed by atoms with Crippen LogP contribution < -0.4 is 11.1 Å². The van der Waals surface area contributed by atoms with E-state index in [-0.39, 0.29) is 36.9 Å². The van der Waals surface area contributed by atoms with Gasteiger partial charge in [0.25, 0.3) is 5.60 Å². The van der Waals surface area contributed by atoms with Crippen LogP contribution in [0.25, 0.3) is 0 Å². The maximum Gasteiger partial charge on any atom is 0.350 e. The summed E-state index contributed by atoms with van der Waals surface area (Å²) in [5.74, 6) is -1.41. The van der Waals surface area contributed by atoms with Gasteiger partial charge in [-0.3, -0.25) is 15.3 Å². The summed E-state index contributed by atoms with van der Waals surface area (Å²) in [5, 5.41) is 12.5. The summed E-state index contributed by atoms with van der Waals surface area (Å²) in [6.45, 7) is 2.79. The summed E-state index contributed by atoms with van der Waals surface area (Å²) < 4.78 is 11.9. The maximum absolute atomic E-state index is 13.9. The number of aliphatic hydroxyl groups is 1. The Balaban J connectivity index is 1.39. The number of rotatable bonds is 8. The smallest absolute Gasteiger partial charge is 0.350 e. The molecule has 36 heavy (non-hydrogen) atoms. The van der Waals surface area contributed by atoms with Gasteiger partial charge in [-0.25, -0.2) is 4.79 Å². The minimum absolute atomic E-state index is 0.0842. The molecule has 4 unspecified atom stereocenters. The van der Waals surface area contributed by atoms with Gasteiger partial charge in [0.2, 0.25) is 0 Å². The van der Waals surface area contributed by atoms with Crippen LogP contribution in [0.3, 0.4) is 0 Å². The zero-order valence-electron chi connectivity index (χ0n) is 21.6. The molecule has 8 heteroatoms. The number of allylic oxidation sites excluding steroid dienone is 1. The quantitative estimate of drug-likeness (QED) is 0.198. The molecular formula is C28H43N2O6+.